The Kier molecular flexibility index (Phi) is 2.30. The van der Waals surface area contributed by atoms with Crippen molar-refractivity contribution in [3.8, 4) is 0 Å². The predicted octanol–water partition coefficient (Wildman–Crippen LogP) is 2.52. The fourth-order valence-electron chi connectivity index (χ4n) is 2.96. The lowest BCUT2D eigenvalue weighted by Gasteiger charge is -2.48. The summed E-state index contributed by atoms with van der Waals surface area (Å²) < 4.78 is 25.0. The zero-order chi connectivity index (χ0) is 9.47. The molecule has 2 aliphatic heterocycles. The molecule has 0 aromatic heterocycles. The molecular formula is C10H17F2N. The quantitative estimate of drug-likeness (QED) is 0.659. The van der Waals surface area contributed by atoms with Crippen molar-refractivity contribution in [2.45, 2.75) is 44.6 Å². The maximum absolute atomic E-state index is 12.5. The van der Waals surface area contributed by atoms with Crippen LogP contribution in [0.15, 0.2) is 0 Å². The molecule has 0 aromatic carbocycles. The summed E-state index contributed by atoms with van der Waals surface area (Å²) in [6.07, 6.45) is 1.99. The number of halogens is 2. The molecular weight excluding hydrogens is 172 g/mol. The highest BCUT2D eigenvalue weighted by Crippen LogP contribution is 2.47. The molecule has 1 nitrogen and oxygen atoms in total. The van der Waals surface area contributed by atoms with Crippen LogP contribution in [0.2, 0.25) is 0 Å². The first-order valence-electron chi connectivity index (χ1n) is 5.21. The smallest absolute Gasteiger partial charge is 0.242 e. The molecule has 2 rings (SSSR count). The molecule has 0 unspecified atom stereocenters. The molecule has 0 amide bonds. The fraction of sp³-hybridized carbons (Fsp3) is 1.00. The lowest BCUT2D eigenvalue weighted by molar-refractivity contribution is 0.0195. The van der Waals surface area contributed by atoms with Crippen LogP contribution in [0.1, 0.15) is 32.6 Å². The third kappa shape index (κ3) is 1.37. The molecule has 2 aliphatic rings. The summed E-state index contributed by atoms with van der Waals surface area (Å²) in [5.74, 6) is -0.353. The number of alkyl halides is 2. The van der Waals surface area contributed by atoms with Crippen molar-refractivity contribution in [3.05, 3.63) is 0 Å². The van der Waals surface area contributed by atoms with Gasteiger partial charge in [-0.1, -0.05) is 13.3 Å². The van der Waals surface area contributed by atoms with Gasteiger partial charge in [0, 0.05) is 24.5 Å². The molecule has 0 aromatic rings. The van der Waals surface area contributed by atoms with Gasteiger partial charge in [-0.3, -0.25) is 4.90 Å². The Morgan fingerprint density at radius 2 is 2.31 bits per heavy atom. The van der Waals surface area contributed by atoms with Crippen LogP contribution in [-0.2, 0) is 0 Å². The van der Waals surface area contributed by atoms with Crippen LogP contribution >= 0.6 is 0 Å². The Morgan fingerprint density at radius 3 is 2.77 bits per heavy atom. The summed E-state index contributed by atoms with van der Waals surface area (Å²) in [5, 5.41) is 0. The molecule has 0 bridgehead atoms. The van der Waals surface area contributed by atoms with Crippen molar-refractivity contribution in [3.63, 3.8) is 0 Å². The Labute approximate surface area is 78.1 Å². The second-order valence-electron chi connectivity index (χ2n) is 4.47. The van der Waals surface area contributed by atoms with Gasteiger partial charge in [-0.05, 0) is 19.3 Å². The second-order valence-corrected chi connectivity index (χ2v) is 4.47. The highest BCUT2D eigenvalue weighted by Gasteiger charge is 2.52. The summed E-state index contributed by atoms with van der Waals surface area (Å²) >= 11 is 0. The fourth-order valence-corrected chi connectivity index (χ4v) is 2.96. The molecule has 0 saturated carbocycles. The van der Waals surface area contributed by atoms with Crippen molar-refractivity contribution in [1.82, 2.24) is 4.90 Å². The standard InChI is InChI=1S/C10H17F2N/c1-2-3-10-4-5-13(10)7-8(6-10)9(11)12/h8-9H,2-7H2,1H3/t8-,10-/m1/s1. The minimum atomic E-state index is -2.11. The normalized spacial score (nSPS) is 39.2. The molecule has 76 valence electrons. The summed E-state index contributed by atoms with van der Waals surface area (Å²) in [6.45, 7) is 3.82. The van der Waals surface area contributed by atoms with Crippen LogP contribution in [0.3, 0.4) is 0 Å². The Hall–Kier alpha value is -0.180. The van der Waals surface area contributed by atoms with Gasteiger partial charge >= 0.3 is 0 Å². The second kappa shape index (κ2) is 3.19. The lowest BCUT2D eigenvalue weighted by atomic mass is 9.80. The van der Waals surface area contributed by atoms with E-state index in [1.54, 1.807) is 0 Å². The van der Waals surface area contributed by atoms with Crippen LogP contribution < -0.4 is 0 Å². The predicted molar refractivity (Wildman–Crippen MR) is 47.9 cm³/mol. The molecule has 2 heterocycles. The average molecular weight is 189 g/mol. The van der Waals surface area contributed by atoms with E-state index in [1.165, 1.54) is 0 Å². The van der Waals surface area contributed by atoms with E-state index in [0.29, 0.717) is 6.54 Å². The van der Waals surface area contributed by atoms with Crippen molar-refractivity contribution in [2.75, 3.05) is 13.1 Å². The largest absolute Gasteiger partial charge is 0.297 e. The Morgan fingerprint density at radius 1 is 1.54 bits per heavy atom. The molecule has 2 fully saturated rings. The number of nitrogens with zero attached hydrogens (tertiary/aromatic N) is 1. The van der Waals surface area contributed by atoms with E-state index in [-0.39, 0.29) is 11.5 Å². The maximum Gasteiger partial charge on any atom is 0.242 e. The molecule has 13 heavy (non-hydrogen) atoms. The third-order valence-electron chi connectivity index (χ3n) is 3.69. The third-order valence-corrected chi connectivity index (χ3v) is 3.69. The van der Waals surface area contributed by atoms with Gasteiger partial charge in [-0.2, -0.15) is 0 Å². The van der Waals surface area contributed by atoms with Crippen LogP contribution in [-0.4, -0.2) is 30.0 Å². The highest BCUT2D eigenvalue weighted by molar-refractivity contribution is 5.06. The van der Waals surface area contributed by atoms with Crippen LogP contribution in [0.5, 0.6) is 0 Å². The van der Waals surface area contributed by atoms with Gasteiger partial charge in [0.05, 0.1) is 0 Å². The Balaban J connectivity index is 2.00. The van der Waals surface area contributed by atoms with E-state index in [4.69, 9.17) is 0 Å². The van der Waals surface area contributed by atoms with Crippen molar-refractivity contribution < 1.29 is 8.78 Å². The molecule has 3 heteroatoms. The van der Waals surface area contributed by atoms with Gasteiger partial charge in [0.25, 0.3) is 0 Å². The molecule has 2 atom stereocenters. The van der Waals surface area contributed by atoms with Gasteiger partial charge < -0.3 is 0 Å². The summed E-state index contributed by atoms with van der Waals surface area (Å²) in [4.78, 5) is 2.27. The minimum absolute atomic E-state index is 0.190. The average Bonchev–Trinajstić information content (AvgIpc) is 2.29. The zero-order valence-electron chi connectivity index (χ0n) is 8.10. The highest BCUT2D eigenvalue weighted by atomic mass is 19.3. The summed E-state index contributed by atoms with van der Waals surface area (Å²) in [6, 6.07) is 0. The van der Waals surface area contributed by atoms with Crippen molar-refractivity contribution >= 4 is 0 Å². The Bertz CT molecular complexity index is 195. The molecule has 0 N–H and O–H groups in total. The molecule has 0 spiro atoms. The molecule has 0 radical (unpaired) electrons. The molecule has 0 aliphatic carbocycles. The van der Waals surface area contributed by atoms with E-state index in [9.17, 15) is 8.78 Å². The first kappa shape index (κ1) is 9.38. The van der Waals surface area contributed by atoms with Gasteiger partial charge in [0.2, 0.25) is 6.43 Å². The first-order valence-corrected chi connectivity index (χ1v) is 5.21. The number of rotatable bonds is 3. The van der Waals surface area contributed by atoms with Crippen molar-refractivity contribution in [2.24, 2.45) is 5.92 Å². The van der Waals surface area contributed by atoms with Gasteiger partial charge in [-0.15, -0.1) is 0 Å². The van der Waals surface area contributed by atoms with Gasteiger partial charge in [0.15, 0.2) is 0 Å². The summed E-state index contributed by atoms with van der Waals surface area (Å²) in [5.41, 5.74) is 0.190. The summed E-state index contributed by atoms with van der Waals surface area (Å²) in [7, 11) is 0. The van der Waals surface area contributed by atoms with Gasteiger partial charge in [0.1, 0.15) is 0 Å². The SMILES string of the molecule is CCC[C@]12CCN1C[C@H](C(F)F)C2. The van der Waals surface area contributed by atoms with Crippen LogP contribution in [0.4, 0.5) is 8.78 Å². The van der Waals surface area contributed by atoms with Crippen LogP contribution in [0.25, 0.3) is 0 Å². The topological polar surface area (TPSA) is 3.24 Å². The maximum atomic E-state index is 12.5. The number of fused-ring (bicyclic) bond motifs is 1. The van der Waals surface area contributed by atoms with E-state index < -0.39 is 6.43 Å². The van der Waals surface area contributed by atoms with E-state index in [2.05, 4.69) is 11.8 Å². The molecule has 2 saturated heterocycles. The van der Waals surface area contributed by atoms with Crippen LogP contribution in [0, 0.1) is 5.92 Å². The van der Waals surface area contributed by atoms with E-state index >= 15 is 0 Å². The van der Waals surface area contributed by atoms with E-state index in [1.807, 2.05) is 0 Å². The number of hydrogen-bond donors (Lipinski definition) is 0. The lowest BCUT2D eigenvalue weighted by Crippen LogP contribution is -2.55. The van der Waals surface area contributed by atoms with E-state index in [0.717, 1.165) is 32.2 Å². The first-order chi connectivity index (χ1) is 6.18. The zero-order valence-corrected chi connectivity index (χ0v) is 8.10. The monoisotopic (exact) mass is 189 g/mol. The van der Waals surface area contributed by atoms with Gasteiger partial charge in [-0.25, -0.2) is 8.78 Å². The minimum Gasteiger partial charge on any atom is -0.297 e. The number of hydrogen-bond acceptors (Lipinski definition) is 1. The van der Waals surface area contributed by atoms with Crippen molar-refractivity contribution in [1.29, 1.82) is 0 Å².